The summed E-state index contributed by atoms with van der Waals surface area (Å²) in [5, 5.41) is 3.84. The molecule has 0 bridgehead atoms. The van der Waals surface area contributed by atoms with Crippen LogP contribution in [0.4, 0.5) is 0 Å². The second-order valence-corrected chi connectivity index (χ2v) is 6.50. The van der Waals surface area contributed by atoms with Crippen LogP contribution < -0.4 is 5.73 Å². The third-order valence-electron chi connectivity index (χ3n) is 3.90. The van der Waals surface area contributed by atoms with Gasteiger partial charge in [0.05, 0.1) is 17.8 Å². The topological polar surface area (TPSA) is 71.8 Å². The summed E-state index contributed by atoms with van der Waals surface area (Å²) in [6.07, 6.45) is 0.174. The van der Waals surface area contributed by atoms with Gasteiger partial charge in [-0.25, -0.2) is 4.98 Å². The van der Waals surface area contributed by atoms with E-state index in [1.165, 1.54) is 11.3 Å². The zero-order chi connectivity index (χ0) is 16.5. The zero-order valence-corrected chi connectivity index (χ0v) is 13.6. The number of primary amides is 1. The number of nitrogens with zero attached hydrogens (tertiary/aromatic N) is 1. The molecule has 0 radical (unpaired) electrons. The van der Waals surface area contributed by atoms with Crippen molar-refractivity contribution in [3.8, 4) is 22.5 Å². The first kappa shape index (κ1) is 14.7. The van der Waals surface area contributed by atoms with Crippen molar-refractivity contribution in [2.24, 2.45) is 5.73 Å². The molecule has 0 aliphatic heterocycles. The predicted molar refractivity (Wildman–Crippen MR) is 97.7 cm³/mol. The van der Waals surface area contributed by atoms with E-state index >= 15 is 0 Å². The predicted octanol–water partition coefficient (Wildman–Crippen LogP) is 3.99. The summed E-state index contributed by atoms with van der Waals surface area (Å²) in [7, 11) is 0. The normalized spacial score (nSPS) is 11.0. The average molecular weight is 333 g/mol. The first-order chi connectivity index (χ1) is 11.7. The van der Waals surface area contributed by atoms with E-state index in [-0.39, 0.29) is 12.3 Å². The Labute approximate surface area is 143 Å². The third-order valence-corrected chi connectivity index (χ3v) is 4.75. The van der Waals surface area contributed by atoms with Crippen LogP contribution in [0.1, 0.15) is 5.01 Å². The van der Waals surface area contributed by atoms with Gasteiger partial charge in [-0.1, -0.05) is 48.5 Å². The Morgan fingerprint density at radius 2 is 1.83 bits per heavy atom. The van der Waals surface area contributed by atoms with Gasteiger partial charge >= 0.3 is 0 Å². The second kappa shape index (κ2) is 5.94. The number of benzene rings is 2. The molecule has 4 aromatic rings. The van der Waals surface area contributed by atoms with Gasteiger partial charge in [0.15, 0.2) is 0 Å². The first-order valence-corrected chi connectivity index (χ1v) is 8.49. The Morgan fingerprint density at radius 1 is 1.08 bits per heavy atom. The molecule has 0 fully saturated rings. The molecule has 2 aromatic heterocycles. The van der Waals surface area contributed by atoms with E-state index in [1.807, 2.05) is 35.7 Å². The standard InChI is InChI=1S/C19H15N3OS/c20-16(23)10-17-21-15(11-24-17)18-13-8-4-5-9-14(13)22-19(18)12-6-2-1-3-7-12/h1-9,11,22H,10H2,(H2,20,23). The summed E-state index contributed by atoms with van der Waals surface area (Å²) in [4.78, 5) is 19.3. The van der Waals surface area contributed by atoms with Crippen molar-refractivity contribution in [2.75, 3.05) is 0 Å². The molecule has 24 heavy (non-hydrogen) atoms. The van der Waals surface area contributed by atoms with Gasteiger partial charge in [-0.05, 0) is 11.6 Å². The van der Waals surface area contributed by atoms with E-state index in [1.54, 1.807) is 0 Å². The van der Waals surface area contributed by atoms with E-state index in [4.69, 9.17) is 5.73 Å². The number of aromatic nitrogens is 2. The summed E-state index contributed by atoms with van der Waals surface area (Å²) in [5.41, 5.74) is 10.4. The quantitative estimate of drug-likeness (QED) is 0.593. The fourth-order valence-corrected chi connectivity index (χ4v) is 3.68. The number of carbonyl (C=O) groups is 1. The molecule has 4 nitrogen and oxygen atoms in total. The fraction of sp³-hybridized carbons (Fsp3) is 0.0526. The molecule has 0 saturated carbocycles. The molecule has 4 rings (SSSR count). The lowest BCUT2D eigenvalue weighted by Gasteiger charge is -2.02. The average Bonchev–Trinajstić information content (AvgIpc) is 3.19. The maximum atomic E-state index is 11.1. The number of hydrogen-bond donors (Lipinski definition) is 2. The fourth-order valence-electron chi connectivity index (χ4n) is 2.89. The molecule has 3 N–H and O–H groups in total. The smallest absolute Gasteiger partial charge is 0.224 e. The Balaban J connectivity index is 1.93. The highest BCUT2D eigenvalue weighted by Crippen LogP contribution is 2.38. The molecule has 2 aromatic carbocycles. The molecular formula is C19H15N3OS. The Kier molecular flexibility index (Phi) is 3.63. The van der Waals surface area contributed by atoms with Crippen LogP contribution in [0, 0.1) is 0 Å². The minimum absolute atomic E-state index is 0.174. The van der Waals surface area contributed by atoms with Crippen LogP contribution in [0.2, 0.25) is 0 Å². The summed E-state index contributed by atoms with van der Waals surface area (Å²) in [5.74, 6) is -0.363. The molecule has 0 atom stereocenters. The summed E-state index contributed by atoms with van der Waals surface area (Å²) in [6.45, 7) is 0. The van der Waals surface area contributed by atoms with Crippen molar-refractivity contribution in [1.29, 1.82) is 0 Å². The Bertz CT molecular complexity index is 1020. The van der Waals surface area contributed by atoms with Crippen LogP contribution >= 0.6 is 11.3 Å². The van der Waals surface area contributed by atoms with Crippen LogP contribution in [-0.4, -0.2) is 15.9 Å². The molecule has 0 unspecified atom stereocenters. The second-order valence-electron chi connectivity index (χ2n) is 5.56. The van der Waals surface area contributed by atoms with Gasteiger partial charge in [-0.2, -0.15) is 0 Å². The van der Waals surface area contributed by atoms with E-state index in [9.17, 15) is 4.79 Å². The number of fused-ring (bicyclic) bond motifs is 1. The highest BCUT2D eigenvalue weighted by Gasteiger charge is 2.17. The summed E-state index contributed by atoms with van der Waals surface area (Å²) >= 11 is 1.46. The Morgan fingerprint density at radius 3 is 2.62 bits per heavy atom. The van der Waals surface area contributed by atoms with Crippen molar-refractivity contribution in [3.63, 3.8) is 0 Å². The molecule has 118 valence electrons. The van der Waals surface area contributed by atoms with Crippen molar-refractivity contribution in [2.45, 2.75) is 6.42 Å². The zero-order valence-electron chi connectivity index (χ0n) is 12.8. The monoisotopic (exact) mass is 333 g/mol. The van der Waals surface area contributed by atoms with E-state index < -0.39 is 0 Å². The molecule has 5 heteroatoms. The lowest BCUT2D eigenvalue weighted by atomic mass is 10.0. The number of carbonyl (C=O) groups excluding carboxylic acids is 1. The van der Waals surface area contributed by atoms with Gasteiger partial charge in [0, 0.05) is 21.8 Å². The highest BCUT2D eigenvalue weighted by molar-refractivity contribution is 7.10. The number of hydrogen-bond acceptors (Lipinski definition) is 3. The van der Waals surface area contributed by atoms with Gasteiger partial charge in [-0.3, -0.25) is 4.79 Å². The SMILES string of the molecule is NC(=O)Cc1nc(-c2c(-c3ccccc3)[nH]c3ccccc23)cs1. The molecule has 2 heterocycles. The Hall–Kier alpha value is -2.92. The number of nitrogens with two attached hydrogens (primary N) is 1. The van der Waals surface area contributed by atoms with Crippen LogP contribution in [0.5, 0.6) is 0 Å². The number of H-pyrrole nitrogens is 1. The van der Waals surface area contributed by atoms with Gasteiger partial charge in [-0.15, -0.1) is 11.3 Å². The third kappa shape index (κ3) is 2.59. The van der Waals surface area contributed by atoms with Crippen LogP contribution in [-0.2, 0) is 11.2 Å². The molecule has 0 aliphatic rings. The number of thiazole rings is 1. The number of amides is 1. The van der Waals surface area contributed by atoms with Crippen molar-refractivity contribution in [1.82, 2.24) is 9.97 Å². The molecular weight excluding hydrogens is 318 g/mol. The lowest BCUT2D eigenvalue weighted by Crippen LogP contribution is -2.13. The first-order valence-electron chi connectivity index (χ1n) is 7.61. The largest absolute Gasteiger partial charge is 0.369 e. The molecule has 0 aliphatic carbocycles. The van der Waals surface area contributed by atoms with Crippen molar-refractivity contribution < 1.29 is 4.79 Å². The van der Waals surface area contributed by atoms with Crippen molar-refractivity contribution in [3.05, 3.63) is 65.0 Å². The maximum absolute atomic E-state index is 11.1. The lowest BCUT2D eigenvalue weighted by molar-refractivity contribution is -0.117. The van der Waals surface area contributed by atoms with E-state index in [2.05, 4.69) is 34.2 Å². The van der Waals surface area contributed by atoms with E-state index in [0.29, 0.717) is 0 Å². The van der Waals surface area contributed by atoms with Gasteiger partial charge in [0.25, 0.3) is 0 Å². The van der Waals surface area contributed by atoms with Crippen LogP contribution in [0.3, 0.4) is 0 Å². The van der Waals surface area contributed by atoms with Gasteiger partial charge in [0.2, 0.25) is 5.91 Å². The maximum Gasteiger partial charge on any atom is 0.224 e. The number of para-hydroxylation sites is 1. The minimum Gasteiger partial charge on any atom is -0.369 e. The number of aromatic amines is 1. The minimum atomic E-state index is -0.363. The van der Waals surface area contributed by atoms with Gasteiger partial charge in [0.1, 0.15) is 5.01 Å². The highest BCUT2D eigenvalue weighted by atomic mass is 32.1. The molecule has 0 saturated heterocycles. The summed E-state index contributed by atoms with van der Waals surface area (Å²) in [6, 6.07) is 18.4. The van der Waals surface area contributed by atoms with Crippen LogP contribution in [0.25, 0.3) is 33.4 Å². The number of nitrogens with one attached hydrogen (secondary N) is 1. The molecule has 0 spiro atoms. The van der Waals surface area contributed by atoms with Crippen molar-refractivity contribution >= 4 is 28.1 Å². The van der Waals surface area contributed by atoms with E-state index in [0.717, 1.165) is 38.4 Å². The molecule has 1 amide bonds. The van der Waals surface area contributed by atoms with Crippen LogP contribution in [0.15, 0.2) is 60.0 Å². The summed E-state index contributed by atoms with van der Waals surface area (Å²) < 4.78 is 0. The van der Waals surface area contributed by atoms with Gasteiger partial charge < -0.3 is 10.7 Å². The number of rotatable bonds is 4.